The highest BCUT2D eigenvalue weighted by atomic mass is 127. The summed E-state index contributed by atoms with van der Waals surface area (Å²) in [5.74, 6) is -5.15. The number of carbonyl (C=O) groups is 6. The number of hydrogen-bond donors (Lipinski definition) is 0. The Morgan fingerprint density at radius 2 is 1.03 bits per heavy atom. The van der Waals surface area contributed by atoms with Gasteiger partial charge in [0.2, 0.25) is 11.8 Å². The minimum absolute atomic E-state index is 0.0139. The van der Waals surface area contributed by atoms with Gasteiger partial charge < -0.3 is 28.7 Å². The summed E-state index contributed by atoms with van der Waals surface area (Å²) >= 11 is 6.73. The van der Waals surface area contributed by atoms with Crippen molar-refractivity contribution in [3.05, 3.63) is 128 Å². The van der Waals surface area contributed by atoms with Gasteiger partial charge >= 0.3 is 23.9 Å². The lowest BCUT2D eigenvalue weighted by molar-refractivity contribution is -0.271. The Morgan fingerprint density at radius 3 is 1.39 bits per heavy atom. The fourth-order valence-corrected chi connectivity index (χ4v) is 10.7. The molecule has 0 bridgehead atoms. The number of nitrogens with zero attached hydrogens (tertiary/aromatic N) is 2. The Balaban J connectivity index is 0.000000261. The molecule has 2 aromatic carbocycles. The summed E-state index contributed by atoms with van der Waals surface area (Å²) in [6.45, 7) is 23.6. The van der Waals surface area contributed by atoms with Crippen LogP contribution in [0.4, 0.5) is 0 Å². The zero-order valence-corrected chi connectivity index (χ0v) is 46.1. The smallest absolute Gasteiger partial charge is 0.355 e. The Bertz CT molecular complexity index is 2270. The van der Waals surface area contributed by atoms with E-state index in [1.807, 2.05) is 44.2 Å². The van der Waals surface area contributed by atoms with E-state index < -0.39 is 59.6 Å². The van der Waals surface area contributed by atoms with Gasteiger partial charge in [-0.1, -0.05) is 107 Å². The predicted octanol–water partition coefficient (Wildman–Crippen LogP) is 8.35. The molecule has 2 aromatic rings. The third-order valence-electron chi connectivity index (χ3n) is 12.4. The summed E-state index contributed by atoms with van der Waals surface area (Å²) in [4.78, 5) is 99.1. The van der Waals surface area contributed by atoms with E-state index in [9.17, 15) is 28.8 Å². The van der Waals surface area contributed by atoms with Crippen molar-refractivity contribution in [1.29, 1.82) is 0 Å². The van der Waals surface area contributed by atoms with Crippen LogP contribution in [0.1, 0.15) is 45.7 Å². The third kappa shape index (κ3) is 12.4. The summed E-state index contributed by atoms with van der Waals surface area (Å²) in [5.41, 5.74) is 4.03. The predicted molar refractivity (Wildman–Crippen MR) is 282 cm³/mol. The van der Waals surface area contributed by atoms with E-state index in [0.717, 1.165) is 18.0 Å². The molecule has 0 saturated carbocycles. The fraction of sp³-hybridized carbons (Fsp3) is 0.412. The van der Waals surface area contributed by atoms with Crippen LogP contribution in [-0.2, 0) is 68.6 Å². The second-order valence-electron chi connectivity index (χ2n) is 16.7. The molecular weight excluding hydrogens is 1250 g/mol. The second kappa shape index (κ2) is 26.2. The molecule has 4 aliphatic rings. The number of alkyl halides is 1. The Hall–Kier alpha value is -4.59. The number of carbonyl (C=O) groups excluding carboxylic acids is 6. The number of halogens is 3. The van der Waals surface area contributed by atoms with Crippen LogP contribution in [0.5, 0.6) is 11.5 Å². The molecule has 6 unspecified atom stereocenters. The SMILES string of the molecule is C=CCOOC(=O)C(C)C1C(=O)N2C(C(=O)OCC=C)=C(COc3ccc(CC)cc3I)[C@H](C)C12.C=CCOOC(=O)C(C)C1C(=O)N2C(C(=O)OCC=C)=C(COc3ccc(CI)cc3I)[C@H](C)C12. The van der Waals surface area contributed by atoms with Crippen LogP contribution in [0.3, 0.4) is 0 Å². The average molecular weight is 1300 g/mol. The molecule has 19 heteroatoms. The number of fused-ring (bicyclic) bond motifs is 2. The van der Waals surface area contributed by atoms with Crippen LogP contribution < -0.4 is 9.47 Å². The number of amides is 2. The van der Waals surface area contributed by atoms with Gasteiger partial charge in [-0.05, 0) is 87.0 Å². The van der Waals surface area contributed by atoms with Crippen molar-refractivity contribution < 1.29 is 67.3 Å². The van der Waals surface area contributed by atoms with Gasteiger partial charge in [0.15, 0.2) is 0 Å². The first-order valence-electron chi connectivity index (χ1n) is 22.5. The van der Waals surface area contributed by atoms with Crippen molar-refractivity contribution in [3.8, 4) is 11.5 Å². The lowest BCUT2D eigenvalue weighted by atomic mass is 9.74. The van der Waals surface area contributed by atoms with Gasteiger partial charge in [-0.2, -0.15) is 9.78 Å². The van der Waals surface area contributed by atoms with Gasteiger partial charge in [0, 0.05) is 27.4 Å². The highest BCUT2D eigenvalue weighted by Crippen LogP contribution is 2.50. The Labute approximate surface area is 449 Å². The first-order chi connectivity index (χ1) is 33.5. The molecule has 0 aliphatic carbocycles. The number of ether oxygens (including phenoxy) is 4. The summed E-state index contributed by atoms with van der Waals surface area (Å²) < 4.78 is 25.5. The number of β-lactam (4-membered cyclic amide) rings is 2. The zero-order chi connectivity index (χ0) is 51.4. The lowest BCUT2D eigenvalue weighted by Gasteiger charge is -2.47. The number of hydrogen-bond acceptors (Lipinski definition) is 14. The first kappa shape index (κ1) is 56.3. The highest BCUT2D eigenvalue weighted by Gasteiger charge is 2.63. The average Bonchev–Trinajstić information content (AvgIpc) is 3.75. The maximum atomic E-state index is 13.2. The van der Waals surface area contributed by atoms with Crippen molar-refractivity contribution >= 4 is 103 Å². The summed E-state index contributed by atoms with van der Waals surface area (Å²) in [6, 6.07) is 11.1. The molecule has 0 spiro atoms. The van der Waals surface area contributed by atoms with Crippen molar-refractivity contribution in [2.24, 2.45) is 35.5 Å². The van der Waals surface area contributed by atoms with Crippen molar-refractivity contribution in [3.63, 3.8) is 0 Å². The Kier molecular flexibility index (Phi) is 21.1. The van der Waals surface area contributed by atoms with Gasteiger partial charge in [-0.15, -0.1) is 13.2 Å². The highest BCUT2D eigenvalue weighted by molar-refractivity contribution is 14.1. The fourth-order valence-electron chi connectivity index (χ4n) is 8.75. The number of rotatable bonds is 24. The van der Waals surface area contributed by atoms with E-state index in [1.54, 1.807) is 13.8 Å². The van der Waals surface area contributed by atoms with Crippen LogP contribution in [0.2, 0.25) is 0 Å². The number of aryl methyl sites for hydroxylation is 1. The maximum Gasteiger partial charge on any atom is 0.355 e. The van der Waals surface area contributed by atoms with Crippen LogP contribution in [0.25, 0.3) is 0 Å². The standard InChI is InChI=1S/C26H30INO7.C25H27I2NO7/c1-6-11-32-26(31)23-18(14-33-20-10-9-17(8-3)13-19(20)27)15(4)22-21(24(29)28(22)23)16(5)25(30)35-34-12-7-2;1-5-9-32-25(31)22-17(13-33-19-8-7-16(12-26)11-18(19)27)14(3)21-20(23(29)28(21)22)15(4)24(30)35-34-10-6-2/h6-7,9-10,13,15-16,21-22H,1-2,8,11-12,14H2,3-5H3;5-8,11,14-15,20-21H,1-2,9-10,12-13H2,3-4H3/t15-,16?,21?,22?;14-,15?,20?,21?/m00/s1. The minimum atomic E-state index is -0.761. The number of benzene rings is 2. The second-order valence-corrected chi connectivity index (χ2v) is 19.8. The van der Waals surface area contributed by atoms with Crippen molar-refractivity contribution in [2.45, 2.75) is 57.6 Å². The van der Waals surface area contributed by atoms with Crippen LogP contribution in [-0.4, -0.2) is 97.2 Å². The van der Waals surface area contributed by atoms with Crippen molar-refractivity contribution in [1.82, 2.24) is 9.80 Å². The third-order valence-corrected chi connectivity index (χ3v) is 15.0. The summed E-state index contributed by atoms with van der Waals surface area (Å²) in [7, 11) is 0. The largest absolute Gasteiger partial charge is 0.488 e. The molecule has 4 heterocycles. The molecule has 0 N–H and O–H groups in total. The van der Waals surface area contributed by atoms with Crippen molar-refractivity contribution in [2.75, 3.05) is 39.6 Å². The minimum Gasteiger partial charge on any atom is -0.488 e. The first-order valence-corrected chi connectivity index (χ1v) is 26.2. The van der Waals surface area contributed by atoms with Crippen LogP contribution in [0.15, 0.2) is 110 Å². The maximum absolute atomic E-state index is 13.2. The molecule has 70 heavy (non-hydrogen) atoms. The van der Waals surface area contributed by atoms with E-state index in [0.29, 0.717) is 22.6 Å². The monoisotopic (exact) mass is 1300 g/mol. The molecule has 8 atom stereocenters. The van der Waals surface area contributed by atoms with E-state index in [4.69, 9.17) is 38.5 Å². The lowest BCUT2D eigenvalue weighted by Crippen LogP contribution is -2.63. The van der Waals surface area contributed by atoms with Gasteiger partial charge in [-0.25, -0.2) is 19.2 Å². The molecule has 2 saturated heterocycles. The van der Waals surface area contributed by atoms with Gasteiger partial charge in [0.05, 0.1) is 42.9 Å². The van der Waals surface area contributed by atoms with E-state index in [1.165, 1.54) is 45.2 Å². The molecule has 376 valence electrons. The van der Waals surface area contributed by atoms with Gasteiger partial charge in [-0.3, -0.25) is 19.4 Å². The topological polar surface area (TPSA) is 183 Å². The molecule has 4 aliphatic heterocycles. The van der Waals surface area contributed by atoms with Gasteiger partial charge in [0.1, 0.15) is 62.5 Å². The molecular formula is C51H57I3N2O14. The van der Waals surface area contributed by atoms with Crippen LogP contribution in [0, 0.1) is 42.6 Å². The molecule has 16 nitrogen and oxygen atoms in total. The van der Waals surface area contributed by atoms with E-state index >= 15 is 0 Å². The summed E-state index contributed by atoms with van der Waals surface area (Å²) in [6.07, 6.45) is 6.73. The molecule has 2 fully saturated rings. The zero-order valence-electron chi connectivity index (χ0n) is 39.6. The van der Waals surface area contributed by atoms with Gasteiger partial charge in [0.25, 0.3) is 0 Å². The molecule has 2 amide bonds. The normalized spacial score (nSPS) is 21.7. The number of esters is 2. The van der Waals surface area contributed by atoms with Crippen LogP contribution >= 0.6 is 67.8 Å². The quantitative estimate of drug-likeness (QED) is 0.0143. The Morgan fingerprint density at radius 1 is 0.643 bits per heavy atom. The summed E-state index contributed by atoms with van der Waals surface area (Å²) in [5, 5.41) is 0. The molecule has 0 radical (unpaired) electrons. The van der Waals surface area contributed by atoms with E-state index in [2.05, 4.69) is 107 Å². The molecule has 0 aromatic heterocycles. The molecule has 6 rings (SSSR count). The van der Waals surface area contributed by atoms with E-state index in [-0.39, 0.29) is 74.7 Å².